The first-order valence-electron chi connectivity index (χ1n) is 22.3. The number of amides is 2. The molecule has 0 radical (unpaired) electrons. The van der Waals surface area contributed by atoms with Crippen LogP contribution in [0.4, 0.5) is 10.5 Å². The normalized spacial score (nSPS) is 14.4. The SMILES string of the molecule is Cc1ccc(S(=O)(=O)N[C@H]2CCN(C(=O)Nc3ccccc3-c3c4nc(c(-c5ccccc5)c5ccc([nH]5)c(-c5ccccc5)c5nc(c(-c6ccccc6)c6ccc3[nH]6)C=C5)C=C4)C2)cc1. The summed E-state index contributed by atoms with van der Waals surface area (Å²) in [5.41, 5.74) is 15.6. The van der Waals surface area contributed by atoms with Gasteiger partial charge < -0.3 is 20.2 Å². The van der Waals surface area contributed by atoms with E-state index < -0.39 is 16.1 Å². The van der Waals surface area contributed by atoms with E-state index in [-0.39, 0.29) is 17.5 Å². The van der Waals surface area contributed by atoms with Crippen LogP contribution in [0.1, 0.15) is 34.8 Å². The molecule has 3 aliphatic rings. The fraction of sp³-hybridized carbons (Fsp3) is 0.0893. The minimum absolute atomic E-state index is 0.198. The largest absolute Gasteiger partial charge is 0.354 e. The molecule has 8 bridgehead atoms. The average Bonchev–Trinajstić information content (AvgIpc) is 4.22. The molecule has 0 saturated carbocycles. The molecule has 8 aromatic rings. The van der Waals surface area contributed by atoms with E-state index in [1.807, 2.05) is 91.9 Å². The van der Waals surface area contributed by atoms with E-state index in [1.54, 1.807) is 29.2 Å². The van der Waals surface area contributed by atoms with Gasteiger partial charge >= 0.3 is 6.03 Å². The van der Waals surface area contributed by atoms with Gasteiger partial charge in [-0.15, -0.1) is 0 Å². The number of nitrogens with zero attached hydrogens (tertiary/aromatic N) is 3. The number of likely N-dealkylation sites (tertiary alicyclic amines) is 1. The summed E-state index contributed by atoms with van der Waals surface area (Å²) >= 11 is 0. The maximum absolute atomic E-state index is 14.2. The molecular formula is C56H45N7O3S. The summed E-state index contributed by atoms with van der Waals surface area (Å²) in [6.45, 7) is 2.53. The number of urea groups is 1. The molecule has 1 saturated heterocycles. The number of aryl methyl sites for hydroxylation is 1. The van der Waals surface area contributed by atoms with Crippen molar-refractivity contribution in [3.63, 3.8) is 0 Å². The van der Waals surface area contributed by atoms with Gasteiger partial charge in [0.25, 0.3) is 0 Å². The molecule has 11 heteroatoms. The Kier molecular flexibility index (Phi) is 10.8. The first kappa shape index (κ1) is 41.6. The van der Waals surface area contributed by atoms with Crippen LogP contribution < -0.4 is 10.0 Å². The number of benzene rings is 5. The number of hydrogen-bond donors (Lipinski definition) is 4. The average molecular weight is 896 g/mol. The lowest BCUT2D eigenvalue weighted by Gasteiger charge is -2.19. The van der Waals surface area contributed by atoms with Gasteiger partial charge in [0.05, 0.1) is 33.4 Å². The van der Waals surface area contributed by atoms with Crippen molar-refractivity contribution in [3.05, 3.63) is 192 Å². The number of carbonyl (C=O) groups excluding carboxylic acids is 1. The van der Waals surface area contributed by atoms with Crippen molar-refractivity contribution in [1.29, 1.82) is 0 Å². The molecule has 10 nitrogen and oxygen atoms in total. The maximum Gasteiger partial charge on any atom is 0.321 e. The lowest BCUT2D eigenvalue weighted by Crippen LogP contribution is -2.39. The highest BCUT2D eigenvalue weighted by molar-refractivity contribution is 7.89. The Bertz CT molecular complexity index is 3510. The van der Waals surface area contributed by atoms with Crippen molar-refractivity contribution < 1.29 is 13.2 Å². The summed E-state index contributed by atoms with van der Waals surface area (Å²) < 4.78 is 29.4. The van der Waals surface area contributed by atoms with Crippen LogP contribution in [0.15, 0.2) is 169 Å². The Morgan fingerprint density at radius 3 is 1.48 bits per heavy atom. The number of hydrogen-bond acceptors (Lipinski definition) is 5. The Labute approximate surface area is 388 Å². The van der Waals surface area contributed by atoms with Crippen molar-refractivity contribution in [2.45, 2.75) is 24.3 Å². The lowest BCUT2D eigenvalue weighted by molar-refractivity contribution is 0.222. The summed E-state index contributed by atoms with van der Waals surface area (Å²) in [5, 5.41) is 3.20. The maximum atomic E-state index is 14.2. The predicted octanol–water partition coefficient (Wildman–Crippen LogP) is 12.2. The Morgan fingerprint density at radius 2 is 0.985 bits per heavy atom. The molecule has 67 heavy (non-hydrogen) atoms. The van der Waals surface area contributed by atoms with Gasteiger partial charge in [-0.1, -0.05) is 127 Å². The number of aromatic amines is 2. The summed E-state index contributed by atoms with van der Waals surface area (Å²) in [6.07, 6.45) is 8.75. The van der Waals surface area contributed by atoms with Crippen LogP contribution in [0.2, 0.25) is 0 Å². The molecule has 2 amide bonds. The second kappa shape index (κ2) is 17.4. The smallest absolute Gasteiger partial charge is 0.321 e. The first-order chi connectivity index (χ1) is 32.8. The van der Waals surface area contributed by atoms with Gasteiger partial charge in [0, 0.05) is 69.0 Å². The van der Waals surface area contributed by atoms with E-state index in [0.717, 1.165) is 89.2 Å². The van der Waals surface area contributed by atoms with Crippen molar-refractivity contribution in [3.8, 4) is 44.5 Å². The molecule has 328 valence electrons. The predicted molar refractivity (Wildman–Crippen MR) is 271 cm³/mol. The van der Waals surface area contributed by atoms with E-state index in [9.17, 15) is 13.2 Å². The van der Waals surface area contributed by atoms with Gasteiger partial charge in [0.2, 0.25) is 10.0 Å². The molecule has 3 aromatic heterocycles. The molecule has 6 heterocycles. The van der Waals surface area contributed by atoms with Crippen LogP contribution in [0, 0.1) is 6.92 Å². The topological polar surface area (TPSA) is 136 Å². The highest BCUT2D eigenvalue weighted by atomic mass is 32.2. The molecule has 0 unspecified atom stereocenters. The minimum atomic E-state index is -3.77. The van der Waals surface area contributed by atoms with Crippen LogP contribution in [0.25, 0.3) is 90.9 Å². The molecule has 1 fully saturated rings. The fourth-order valence-electron chi connectivity index (χ4n) is 9.26. The van der Waals surface area contributed by atoms with Gasteiger partial charge in [0.15, 0.2) is 0 Å². The molecule has 3 aliphatic heterocycles. The first-order valence-corrected chi connectivity index (χ1v) is 23.8. The second-order valence-corrected chi connectivity index (χ2v) is 18.7. The van der Waals surface area contributed by atoms with Crippen LogP contribution in [-0.4, -0.2) is 58.4 Å². The number of rotatable bonds is 8. The van der Waals surface area contributed by atoms with Crippen molar-refractivity contribution >= 4 is 68.1 Å². The molecule has 1 atom stereocenters. The summed E-state index contributed by atoms with van der Waals surface area (Å²) in [7, 11) is -3.77. The molecule has 5 aromatic carbocycles. The third kappa shape index (κ3) is 8.15. The van der Waals surface area contributed by atoms with Crippen LogP contribution >= 0.6 is 0 Å². The van der Waals surface area contributed by atoms with Crippen molar-refractivity contribution in [1.82, 2.24) is 29.6 Å². The van der Waals surface area contributed by atoms with Gasteiger partial charge in [-0.2, -0.15) is 0 Å². The van der Waals surface area contributed by atoms with Gasteiger partial charge in [-0.05, 0) is 96.8 Å². The van der Waals surface area contributed by atoms with E-state index in [4.69, 9.17) is 9.97 Å². The zero-order valence-electron chi connectivity index (χ0n) is 36.6. The van der Waals surface area contributed by atoms with Crippen molar-refractivity contribution in [2.75, 3.05) is 18.4 Å². The van der Waals surface area contributed by atoms with Gasteiger partial charge in [-0.25, -0.2) is 27.9 Å². The highest BCUT2D eigenvalue weighted by Crippen LogP contribution is 2.40. The van der Waals surface area contributed by atoms with Gasteiger partial charge in [-0.3, -0.25) is 0 Å². The molecule has 4 N–H and O–H groups in total. The monoisotopic (exact) mass is 895 g/mol. The number of aromatic nitrogens is 4. The van der Waals surface area contributed by atoms with Crippen LogP contribution in [-0.2, 0) is 10.0 Å². The molecular weight excluding hydrogens is 851 g/mol. The number of carbonyl (C=O) groups is 1. The number of para-hydroxylation sites is 1. The number of nitrogens with one attached hydrogen (secondary N) is 4. The number of H-pyrrole nitrogens is 2. The third-order valence-electron chi connectivity index (χ3n) is 12.5. The van der Waals surface area contributed by atoms with Crippen molar-refractivity contribution in [2.24, 2.45) is 0 Å². The number of fused-ring (bicyclic) bond motifs is 8. The van der Waals surface area contributed by atoms with Gasteiger partial charge in [0.1, 0.15) is 0 Å². The fourth-order valence-corrected chi connectivity index (χ4v) is 10.5. The summed E-state index contributed by atoms with van der Waals surface area (Å²) in [6, 6.07) is 53.0. The number of sulfonamides is 1. The van der Waals surface area contributed by atoms with E-state index in [0.29, 0.717) is 24.3 Å². The van der Waals surface area contributed by atoms with E-state index in [1.165, 1.54) is 0 Å². The van der Waals surface area contributed by atoms with Crippen LogP contribution in [0.3, 0.4) is 0 Å². The quantitative estimate of drug-likeness (QED) is 0.120. The lowest BCUT2D eigenvalue weighted by atomic mass is 10.0. The van der Waals surface area contributed by atoms with E-state index in [2.05, 4.69) is 98.9 Å². The highest BCUT2D eigenvalue weighted by Gasteiger charge is 2.31. The molecule has 0 aliphatic carbocycles. The van der Waals surface area contributed by atoms with E-state index >= 15 is 0 Å². The summed E-state index contributed by atoms with van der Waals surface area (Å²) in [4.78, 5) is 34.4. The van der Waals surface area contributed by atoms with Crippen LogP contribution in [0.5, 0.6) is 0 Å². The molecule has 0 spiro atoms. The Balaban J connectivity index is 1.09. The number of anilines is 1. The Morgan fingerprint density at radius 1 is 0.552 bits per heavy atom. The zero-order chi connectivity index (χ0) is 45.5. The molecule has 11 rings (SSSR count). The summed E-state index contributed by atoms with van der Waals surface area (Å²) in [5.74, 6) is 0. The zero-order valence-corrected chi connectivity index (χ0v) is 37.4. The second-order valence-electron chi connectivity index (χ2n) is 16.9. The minimum Gasteiger partial charge on any atom is -0.354 e. The third-order valence-corrected chi connectivity index (χ3v) is 14.0. The Hall–Kier alpha value is -8.12. The standard InChI is InChI=1S/C56H45N7O3S/c1-36-21-23-41(24-22-36)67(65,66)62-40-33-34-63(35-40)56(64)61-43-20-12-11-19-42(43)55-50-31-29-48(59-50)53(38-15-7-3-8-16-38)46-27-25-44(57-46)52(37-13-5-2-6-14-37)45-26-28-47(58-45)54(39-17-9-4-10-18-39)49-30-32-51(55)60-49/h2-32,40,57,60,62H,33-35H2,1H3,(H,61,64)/t40-/m0/s1.